The molecule has 2 N–H and O–H groups in total. The Labute approximate surface area is 201 Å². The summed E-state index contributed by atoms with van der Waals surface area (Å²) in [5.41, 5.74) is 3.12. The molecule has 172 valence electrons. The SMILES string of the molecule is Cc1ccc(NC(=O)/C(C#N)=C/c2cc(Cl)ccc2OCC(=O)Nc2ccc(F)cc2)c(C)c1. The smallest absolute Gasteiger partial charge is 0.266 e. The summed E-state index contributed by atoms with van der Waals surface area (Å²) in [6, 6.07) is 17.4. The Bertz CT molecular complexity index is 1300. The lowest BCUT2D eigenvalue weighted by Crippen LogP contribution is -2.20. The van der Waals surface area contributed by atoms with Gasteiger partial charge in [0.05, 0.1) is 0 Å². The van der Waals surface area contributed by atoms with Crippen LogP contribution in [0.15, 0.2) is 66.2 Å². The maximum Gasteiger partial charge on any atom is 0.266 e. The number of hydrogen-bond donors (Lipinski definition) is 2. The number of anilines is 2. The van der Waals surface area contributed by atoms with Gasteiger partial charge in [-0.25, -0.2) is 4.39 Å². The molecule has 0 bridgehead atoms. The van der Waals surface area contributed by atoms with E-state index < -0.39 is 17.6 Å². The first-order valence-corrected chi connectivity index (χ1v) is 10.6. The van der Waals surface area contributed by atoms with Crippen molar-refractivity contribution in [1.82, 2.24) is 0 Å². The maximum atomic E-state index is 13.0. The van der Waals surface area contributed by atoms with Gasteiger partial charge in [0.15, 0.2) is 6.61 Å². The zero-order valence-corrected chi connectivity index (χ0v) is 19.2. The van der Waals surface area contributed by atoms with Gasteiger partial charge in [0.1, 0.15) is 23.2 Å². The van der Waals surface area contributed by atoms with Crippen molar-refractivity contribution < 1.29 is 18.7 Å². The molecule has 3 rings (SSSR count). The van der Waals surface area contributed by atoms with Gasteiger partial charge in [-0.05, 0) is 74.0 Å². The zero-order chi connectivity index (χ0) is 24.7. The molecule has 0 atom stereocenters. The summed E-state index contributed by atoms with van der Waals surface area (Å²) < 4.78 is 18.6. The second kappa shape index (κ2) is 11.1. The molecular weight excluding hydrogens is 457 g/mol. The Morgan fingerprint density at radius 3 is 2.47 bits per heavy atom. The van der Waals surface area contributed by atoms with Crippen molar-refractivity contribution in [2.75, 3.05) is 17.2 Å². The average Bonchev–Trinajstić information content (AvgIpc) is 2.80. The molecule has 0 aliphatic carbocycles. The molecule has 0 aromatic heterocycles. The van der Waals surface area contributed by atoms with Crippen molar-refractivity contribution in [1.29, 1.82) is 5.26 Å². The Kier molecular flexibility index (Phi) is 8.01. The zero-order valence-electron chi connectivity index (χ0n) is 18.5. The van der Waals surface area contributed by atoms with Crippen LogP contribution in [-0.2, 0) is 9.59 Å². The first-order valence-electron chi connectivity index (χ1n) is 10.2. The van der Waals surface area contributed by atoms with Crippen molar-refractivity contribution in [2.45, 2.75) is 13.8 Å². The van der Waals surface area contributed by atoms with Crippen molar-refractivity contribution >= 4 is 40.9 Å². The molecule has 34 heavy (non-hydrogen) atoms. The molecule has 0 aliphatic rings. The van der Waals surface area contributed by atoms with Gasteiger partial charge in [-0.15, -0.1) is 0 Å². The number of amides is 2. The third-order valence-electron chi connectivity index (χ3n) is 4.75. The molecule has 0 fully saturated rings. The monoisotopic (exact) mass is 477 g/mol. The minimum Gasteiger partial charge on any atom is -0.483 e. The van der Waals surface area contributed by atoms with Crippen LogP contribution in [0.25, 0.3) is 6.08 Å². The van der Waals surface area contributed by atoms with E-state index in [9.17, 15) is 19.2 Å². The number of ether oxygens (including phenoxy) is 1. The van der Waals surface area contributed by atoms with E-state index in [4.69, 9.17) is 16.3 Å². The fourth-order valence-electron chi connectivity index (χ4n) is 3.08. The number of carbonyl (C=O) groups is 2. The Morgan fingerprint density at radius 1 is 1.06 bits per heavy atom. The van der Waals surface area contributed by atoms with E-state index in [1.54, 1.807) is 12.1 Å². The Hall–Kier alpha value is -4.15. The standard InChI is InChI=1S/C26H21ClFN3O3/c1-16-3-9-23(17(2)11-16)31-26(33)19(14-29)12-18-13-20(27)4-10-24(18)34-15-25(32)30-22-7-5-21(28)6-8-22/h3-13H,15H2,1-2H3,(H,30,32)(H,31,33)/b19-12+. The highest BCUT2D eigenvalue weighted by molar-refractivity contribution is 6.30. The number of aryl methyl sites for hydroxylation is 2. The Balaban J connectivity index is 1.75. The molecule has 3 aromatic carbocycles. The second-order valence-electron chi connectivity index (χ2n) is 7.47. The van der Waals surface area contributed by atoms with E-state index in [-0.39, 0.29) is 17.9 Å². The van der Waals surface area contributed by atoms with Gasteiger partial charge in [-0.2, -0.15) is 5.26 Å². The van der Waals surface area contributed by atoms with E-state index in [1.165, 1.54) is 42.5 Å². The van der Waals surface area contributed by atoms with E-state index in [0.29, 0.717) is 22.0 Å². The number of hydrogen-bond acceptors (Lipinski definition) is 4. The minimum absolute atomic E-state index is 0.164. The molecule has 3 aromatic rings. The first kappa shape index (κ1) is 24.5. The Morgan fingerprint density at radius 2 is 1.79 bits per heavy atom. The highest BCUT2D eigenvalue weighted by Gasteiger charge is 2.14. The van der Waals surface area contributed by atoms with Crippen molar-refractivity contribution in [3.05, 3.63) is 93.8 Å². The quantitative estimate of drug-likeness (QED) is 0.339. The predicted octanol–water partition coefficient (Wildman–Crippen LogP) is 5.66. The largest absolute Gasteiger partial charge is 0.483 e. The molecule has 0 heterocycles. The normalized spacial score (nSPS) is 10.9. The van der Waals surface area contributed by atoms with Gasteiger partial charge in [0.25, 0.3) is 11.8 Å². The molecule has 0 radical (unpaired) electrons. The van der Waals surface area contributed by atoms with Gasteiger partial charge < -0.3 is 15.4 Å². The van der Waals surface area contributed by atoms with Gasteiger partial charge in [0.2, 0.25) is 0 Å². The summed E-state index contributed by atoms with van der Waals surface area (Å²) in [6.45, 7) is 3.45. The molecular formula is C26H21ClFN3O3. The number of halogens is 2. The van der Waals surface area contributed by atoms with Gasteiger partial charge in [-0.3, -0.25) is 9.59 Å². The molecule has 0 spiro atoms. The fourth-order valence-corrected chi connectivity index (χ4v) is 3.27. The van der Waals surface area contributed by atoms with E-state index >= 15 is 0 Å². The van der Waals surface area contributed by atoms with Crippen molar-refractivity contribution in [3.63, 3.8) is 0 Å². The fraction of sp³-hybridized carbons (Fsp3) is 0.115. The van der Waals surface area contributed by atoms with Gasteiger partial charge in [-0.1, -0.05) is 29.3 Å². The highest BCUT2D eigenvalue weighted by Crippen LogP contribution is 2.26. The number of nitrogens with one attached hydrogen (secondary N) is 2. The molecule has 6 nitrogen and oxygen atoms in total. The lowest BCUT2D eigenvalue weighted by molar-refractivity contribution is -0.118. The summed E-state index contributed by atoms with van der Waals surface area (Å²) in [5, 5.41) is 15.2. The van der Waals surface area contributed by atoms with Crippen LogP contribution in [-0.4, -0.2) is 18.4 Å². The molecule has 0 unspecified atom stereocenters. The van der Waals surface area contributed by atoms with Gasteiger partial charge >= 0.3 is 0 Å². The molecule has 0 saturated carbocycles. The van der Waals surface area contributed by atoms with Crippen LogP contribution >= 0.6 is 11.6 Å². The summed E-state index contributed by atoms with van der Waals surface area (Å²) in [5.74, 6) is -1.22. The third kappa shape index (κ3) is 6.67. The molecule has 0 aliphatic heterocycles. The van der Waals surface area contributed by atoms with Crippen molar-refractivity contribution in [3.8, 4) is 11.8 Å². The van der Waals surface area contributed by atoms with Gasteiger partial charge in [0, 0.05) is 22.0 Å². The average molecular weight is 478 g/mol. The van der Waals surface area contributed by atoms with E-state index in [1.807, 2.05) is 32.0 Å². The summed E-state index contributed by atoms with van der Waals surface area (Å²) in [4.78, 5) is 24.9. The van der Waals surface area contributed by atoms with Crippen LogP contribution < -0.4 is 15.4 Å². The number of nitriles is 1. The topological polar surface area (TPSA) is 91.2 Å². The van der Waals surface area contributed by atoms with Crippen LogP contribution in [0.1, 0.15) is 16.7 Å². The summed E-state index contributed by atoms with van der Waals surface area (Å²) in [7, 11) is 0. The van der Waals surface area contributed by atoms with Crippen LogP contribution in [0.4, 0.5) is 15.8 Å². The maximum absolute atomic E-state index is 13.0. The minimum atomic E-state index is -0.588. The second-order valence-corrected chi connectivity index (χ2v) is 7.90. The molecule has 0 saturated heterocycles. The van der Waals surface area contributed by atoms with E-state index in [0.717, 1.165) is 11.1 Å². The first-order chi connectivity index (χ1) is 16.2. The van der Waals surface area contributed by atoms with Crippen LogP contribution in [0.5, 0.6) is 5.75 Å². The summed E-state index contributed by atoms with van der Waals surface area (Å²) in [6.07, 6.45) is 1.35. The van der Waals surface area contributed by atoms with Crippen LogP contribution in [0.2, 0.25) is 5.02 Å². The number of benzene rings is 3. The number of carbonyl (C=O) groups excluding carboxylic acids is 2. The van der Waals surface area contributed by atoms with Crippen molar-refractivity contribution in [2.24, 2.45) is 0 Å². The molecule has 2 amide bonds. The van der Waals surface area contributed by atoms with E-state index in [2.05, 4.69) is 10.6 Å². The molecule has 8 heteroatoms. The number of rotatable bonds is 7. The van der Waals surface area contributed by atoms with Crippen LogP contribution in [0.3, 0.4) is 0 Å². The third-order valence-corrected chi connectivity index (χ3v) is 4.99. The number of nitrogens with zero attached hydrogens (tertiary/aromatic N) is 1. The summed E-state index contributed by atoms with van der Waals surface area (Å²) >= 11 is 6.09. The lowest BCUT2D eigenvalue weighted by atomic mass is 10.1. The lowest BCUT2D eigenvalue weighted by Gasteiger charge is -2.11. The van der Waals surface area contributed by atoms with Crippen LogP contribution in [0, 0.1) is 31.0 Å². The highest BCUT2D eigenvalue weighted by atomic mass is 35.5. The predicted molar refractivity (Wildman–Crippen MR) is 130 cm³/mol.